The first kappa shape index (κ1) is 52.0. The summed E-state index contributed by atoms with van der Waals surface area (Å²) < 4.78 is 28.2. The molecule has 1 fully saturated rings. The summed E-state index contributed by atoms with van der Waals surface area (Å²) in [5, 5.41) is 53.6. The molecule has 0 bridgehead atoms. The van der Waals surface area contributed by atoms with Gasteiger partial charge in [0.05, 0.1) is 36.9 Å². The van der Waals surface area contributed by atoms with Gasteiger partial charge in [0, 0.05) is 32.5 Å². The average molecular weight is 839 g/mol. The molecule has 0 amide bonds. The maximum atomic E-state index is 13.1. The number of allylic oxidation sites excluding steroid dienone is 15. The fraction of sp³-hybridized carbons (Fsp3) is 0.511. The maximum Gasteiger partial charge on any atom is 0.309 e. The molecule has 13 nitrogen and oxygen atoms in total. The standard InChI is InChI=1S/C47H66O13/c1-29-20-19-21-31(3)42(53)38(50)24-17-11-10-12-18-25-40(60-41(52)28-39(51)30(2)27-26-29)33(5)43(54)32(4)36(48)22-15-13-14-16-23-37(49)34(6)58-47-46(57-9)44(55)45(56-8)35(7)59-47/h10-24,26-27,32-35,37-40,43-47,49-51,54-55H,25,28H2,1-9H3/b11-10+,14-13+,18-12+,20-19+,22-15+,23-16+,24-17+,29-26+,30-27+,31-21+/t32-,33-,34+,35-,37+,38+,39+,40+,43-,44+,45+,46-,47-/m1/s1. The van der Waals surface area contributed by atoms with Crippen LogP contribution in [-0.2, 0) is 38.1 Å². The highest BCUT2D eigenvalue weighted by atomic mass is 16.7. The summed E-state index contributed by atoms with van der Waals surface area (Å²) in [6.45, 7) is 11.8. The summed E-state index contributed by atoms with van der Waals surface area (Å²) in [4.78, 5) is 38.7. The zero-order valence-corrected chi connectivity index (χ0v) is 36.2. The molecule has 2 rings (SSSR count). The SMILES string of the molecule is CO[C@@H]1[C@H](O)[C@@H](OC)[C@H](O[C@@H](C)[C@@H](O)/C=C/C=C/C=C/C(=O)[C@@H](C)[C@@H](O)[C@H](C)[C@@H]2C/C=C/C=C/C=C/[C@H](O)C(=O)/C(C)=C/C=C/C(C)=C/C=C(\C)[C@@H](O)CC(=O)O2)O[C@@H]1C. The van der Waals surface area contributed by atoms with Crippen LogP contribution in [0.4, 0.5) is 0 Å². The third-order valence-corrected chi connectivity index (χ3v) is 10.4. The molecule has 1 saturated heterocycles. The number of esters is 1. The van der Waals surface area contributed by atoms with E-state index in [1.807, 2.05) is 6.92 Å². The van der Waals surface area contributed by atoms with E-state index in [9.17, 15) is 39.9 Å². The van der Waals surface area contributed by atoms with Crippen molar-refractivity contribution in [3.05, 3.63) is 120 Å². The van der Waals surface area contributed by atoms with E-state index in [0.717, 1.165) is 5.57 Å². The third kappa shape index (κ3) is 17.1. The molecule has 0 spiro atoms. The molecule has 13 atom stereocenters. The van der Waals surface area contributed by atoms with Crippen molar-refractivity contribution in [2.45, 2.75) is 129 Å². The van der Waals surface area contributed by atoms with Crippen molar-refractivity contribution in [3.8, 4) is 0 Å². The molecule has 0 unspecified atom stereocenters. The van der Waals surface area contributed by atoms with Crippen LogP contribution in [0.2, 0.25) is 0 Å². The largest absolute Gasteiger partial charge is 0.462 e. The first-order chi connectivity index (χ1) is 28.4. The van der Waals surface area contributed by atoms with Crippen molar-refractivity contribution < 1.29 is 63.6 Å². The van der Waals surface area contributed by atoms with Crippen LogP contribution in [0.5, 0.6) is 0 Å². The molecule has 2 heterocycles. The highest BCUT2D eigenvalue weighted by Crippen LogP contribution is 2.27. The molecule has 2 aliphatic heterocycles. The molecule has 0 aromatic rings. The van der Waals surface area contributed by atoms with E-state index in [2.05, 4.69) is 0 Å². The fourth-order valence-corrected chi connectivity index (χ4v) is 6.26. The topological polar surface area (TPSA) is 199 Å². The molecule has 5 N–H and O–H groups in total. The van der Waals surface area contributed by atoms with Gasteiger partial charge in [0.25, 0.3) is 0 Å². The summed E-state index contributed by atoms with van der Waals surface area (Å²) >= 11 is 0. The molecule has 0 aliphatic carbocycles. The van der Waals surface area contributed by atoms with Gasteiger partial charge in [-0.2, -0.15) is 0 Å². The van der Waals surface area contributed by atoms with Gasteiger partial charge >= 0.3 is 5.97 Å². The van der Waals surface area contributed by atoms with Crippen molar-refractivity contribution in [3.63, 3.8) is 0 Å². The summed E-state index contributed by atoms with van der Waals surface area (Å²) in [6, 6.07) is 0. The van der Waals surface area contributed by atoms with Gasteiger partial charge in [-0.3, -0.25) is 14.4 Å². The van der Waals surface area contributed by atoms with Crippen molar-refractivity contribution in [1.29, 1.82) is 0 Å². The van der Waals surface area contributed by atoms with Crippen molar-refractivity contribution >= 4 is 17.5 Å². The van der Waals surface area contributed by atoms with E-state index in [1.54, 1.807) is 114 Å². The lowest BCUT2D eigenvalue weighted by atomic mass is 9.85. The number of cyclic esters (lactones) is 1. The van der Waals surface area contributed by atoms with Gasteiger partial charge in [-0.05, 0) is 57.9 Å². The predicted molar refractivity (Wildman–Crippen MR) is 229 cm³/mol. The van der Waals surface area contributed by atoms with Crippen LogP contribution in [0.25, 0.3) is 0 Å². The summed E-state index contributed by atoms with van der Waals surface area (Å²) in [7, 11) is 2.90. The Hall–Kier alpha value is -4.15. The normalized spacial score (nSPS) is 34.3. The summed E-state index contributed by atoms with van der Waals surface area (Å²) in [5.41, 5.74) is 1.71. The molecule has 0 aromatic carbocycles. The molecule has 0 aromatic heterocycles. The third-order valence-electron chi connectivity index (χ3n) is 10.4. The zero-order valence-electron chi connectivity index (χ0n) is 36.2. The Morgan fingerprint density at radius 2 is 1.53 bits per heavy atom. The van der Waals surface area contributed by atoms with Crippen molar-refractivity contribution in [2.24, 2.45) is 11.8 Å². The molecule has 332 valence electrons. The highest BCUT2D eigenvalue weighted by Gasteiger charge is 2.45. The smallest absolute Gasteiger partial charge is 0.309 e. The second-order valence-corrected chi connectivity index (χ2v) is 15.1. The Morgan fingerprint density at radius 3 is 2.22 bits per heavy atom. The van der Waals surface area contributed by atoms with Gasteiger partial charge < -0.3 is 49.2 Å². The molecule has 0 radical (unpaired) electrons. The van der Waals surface area contributed by atoms with Crippen LogP contribution in [0, 0.1) is 11.8 Å². The first-order valence-electron chi connectivity index (χ1n) is 20.2. The van der Waals surface area contributed by atoms with Crippen LogP contribution in [0.3, 0.4) is 0 Å². The first-order valence-corrected chi connectivity index (χ1v) is 20.2. The fourth-order valence-electron chi connectivity index (χ4n) is 6.26. The predicted octanol–water partition coefficient (Wildman–Crippen LogP) is 4.82. The van der Waals surface area contributed by atoms with Crippen molar-refractivity contribution in [2.75, 3.05) is 14.2 Å². The Morgan fingerprint density at radius 1 is 0.867 bits per heavy atom. The van der Waals surface area contributed by atoms with Gasteiger partial charge in [-0.1, -0.05) is 111 Å². The number of aliphatic hydroxyl groups is 5. The Labute approximate surface area is 355 Å². The maximum absolute atomic E-state index is 13.1. The number of methoxy groups -OCH3 is 2. The van der Waals surface area contributed by atoms with E-state index in [1.165, 1.54) is 44.6 Å². The van der Waals surface area contributed by atoms with Crippen LogP contribution in [0.15, 0.2) is 120 Å². The number of hydrogen-bond donors (Lipinski definition) is 5. The van der Waals surface area contributed by atoms with Gasteiger partial charge in [0.15, 0.2) is 17.9 Å². The minimum atomic E-state index is -1.32. The summed E-state index contributed by atoms with van der Waals surface area (Å²) in [5.74, 6) is -3.04. The number of carbonyl (C=O) groups excluding carboxylic acids is 3. The van der Waals surface area contributed by atoms with Crippen molar-refractivity contribution in [1.82, 2.24) is 0 Å². The second-order valence-electron chi connectivity index (χ2n) is 15.1. The van der Waals surface area contributed by atoms with E-state index in [-0.39, 0.29) is 18.6 Å². The lowest BCUT2D eigenvalue weighted by Crippen LogP contribution is -2.59. The van der Waals surface area contributed by atoms with Crippen LogP contribution >= 0.6 is 0 Å². The van der Waals surface area contributed by atoms with Gasteiger partial charge in [-0.15, -0.1) is 0 Å². The van der Waals surface area contributed by atoms with Gasteiger partial charge in [0.2, 0.25) is 0 Å². The minimum Gasteiger partial charge on any atom is -0.462 e. The number of Topliss-reactive ketones (excluding diaryl/α,β-unsaturated/α-hetero) is 1. The van der Waals surface area contributed by atoms with Crippen LogP contribution in [-0.4, -0.2) is 125 Å². The average Bonchev–Trinajstić information content (AvgIpc) is 3.21. The van der Waals surface area contributed by atoms with E-state index in [4.69, 9.17) is 23.7 Å². The van der Waals surface area contributed by atoms with E-state index < -0.39 is 90.9 Å². The zero-order chi connectivity index (χ0) is 44.9. The molecular formula is C47H66O13. The van der Waals surface area contributed by atoms with Crippen LogP contribution in [0.1, 0.15) is 61.3 Å². The van der Waals surface area contributed by atoms with Crippen LogP contribution < -0.4 is 0 Å². The number of carbonyl (C=O) groups is 3. The lowest BCUT2D eigenvalue weighted by Gasteiger charge is -2.43. The molecule has 2 aliphatic rings. The van der Waals surface area contributed by atoms with E-state index >= 15 is 0 Å². The second kappa shape index (κ2) is 26.9. The highest BCUT2D eigenvalue weighted by molar-refractivity contribution is 5.99. The van der Waals surface area contributed by atoms with Gasteiger partial charge in [-0.25, -0.2) is 0 Å². The number of ether oxygens (including phenoxy) is 5. The molecular weight excluding hydrogens is 773 g/mol. The van der Waals surface area contributed by atoms with E-state index in [0.29, 0.717) is 11.1 Å². The number of aliphatic hydroxyl groups excluding tert-OH is 5. The number of hydrogen-bond acceptors (Lipinski definition) is 13. The number of rotatable bonds is 13. The lowest BCUT2D eigenvalue weighted by molar-refractivity contribution is -0.314. The molecule has 60 heavy (non-hydrogen) atoms. The minimum absolute atomic E-state index is 0.180. The molecule has 13 heteroatoms. The van der Waals surface area contributed by atoms with Gasteiger partial charge in [0.1, 0.15) is 30.5 Å². The quantitative estimate of drug-likeness (QED) is 0.0963. The Bertz CT molecular complexity index is 1700. The Balaban J connectivity index is 2.11. The molecule has 0 saturated carbocycles. The Kier molecular flexibility index (Phi) is 23.3. The monoisotopic (exact) mass is 838 g/mol. The number of ketones is 2. The summed E-state index contributed by atoms with van der Waals surface area (Å²) in [6.07, 6.45) is 17.0.